The molecule has 1 fully saturated rings. The molecule has 5 radical (unpaired) electrons. The number of fused-ring (bicyclic) bond motifs is 2. The van der Waals surface area contributed by atoms with E-state index in [9.17, 15) is 25.2 Å². The van der Waals surface area contributed by atoms with Crippen molar-refractivity contribution in [2.45, 2.75) is 0 Å². The van der Waals surface area contributed by atoms with Crippen molar-refractivity contribution in [1.29, 1.82) is 0 Å². The van der Waals surface area contributed by atoms with Gasteiger partial charge in [0.2, 0.25) is 0 Å². The summed E-state index contributed by atoms with van der Waals surface area (Å²) in [6, 6.07) is 15.3. The third-order valence-corrected chi connectivity index (χ3v) is 2.69. The molecule has 4 rings (SSSR count). The van der Waals surface area contributed by atoms with E-state index in [1.165, 1.54) is 0 Å². The fourth-order valence-electron chi connectivity index (χ4n) is 1.80. The molecular formula is C17H13F6O2PRu-. The molecule has 2 nitrogen and oxygen atoms in total. The number of rotatable bonds is 0. The van der Waals surface area contributed by atoms with Crippen molar-refractivity contribution in [1.82, 2.24) is 0 Å². The Kier molecular flexibility index (Phi) is 7.34. The smallest absolute Gasteiger partial charge is 0.170 e. The van der Waals surface area contributed by atoms with Gasteiger partial charge in [0, 0.05) is 19.5 Å². The van der Waals surface area contributed by atoms with Crippen LogP contribution in [0.1, 0.15) is 0 Å². The van der Waals surface area contributed by atoms with Gasteiger partial charge in [0.05, 0.1) is 0 Å². The molecule has 0 bridgehead atoms. The van der Waals surface area contributed by atoms with Gasteiger partial charge in [-0.25, -0.2) is 0 Å². The Labute approximate surface area is 165 Å². The van der Waals surface area contributed by atoms with E-state index in [-0.39, 0.29) is 19.5 Å². The van der Waals surface area contributed by atoms with E-state index >= 15 is 0 Å². The Balaban J connectivity index is 0.000000237. The van der Waals surface area contributed by atoms with Crippen molar-refractivity contribution in [3.63, 3.8) is 0 Å². The second-order valence-corrected chi connectivity index (χ2v) is 6.93. The molecule has 0 spiro atoms. The molecule has 0 unspecified atom stereocenters. The first kappa shape index (κ1) is 23.7. The van der Waals surface area contributed by atoms with Gasteiger partial charge >= 0.3 is 33.0 Å². The van der Waals surface area contributed by atoms with Crippen molar-refractivity contribution in [3.8, 4) is 23.0 Å². The number of hydrogen-bond acceptors (Lipinski definition) is 2. The summed E-state index contributed by atoms with van der Waals surface area (Å²) in [7, 11) is -10.7. The number of benzene rings is 2. The summed E-state index contributed by atoms with van der Waals surface area (Å²) in [5.41, 5.74) is 0. The first-order valence-corrected chi connectivity index (χ1v) is 9.18. The molecular weight excluding hydrogens is 482 g/mol. The van der Waals surface area contributed by atoms with Gasteiger partial charge in [-0.3, -0.25) is 0 Å². The van der Waals surface area contributed by atoms with Crippen molar-refractivity contribution >= 4 is 7.81 Å². The number of halogens is 6. The van der Waals surface area contributed by atoms with E-state index in [2.05, 4.69) is 0 Å². The number of para-hydroxylation sites is 4. The zero-order valence-corrected chi connectivity index (χ0v) is 16.0. The average molecular weight is 495 g/mol. The van der Waals surface area contributed by atoms with Crippen molar-refractivity contribution in [2.75, 3.05) is 0 Å². The Morgan fingerprint density at radius 1 is 0.481 bits per heavy atom. The molecule has 0 aromatic heterocycles. The van der Waals surface area contributed by atoms with Crippen LogP contribution in [0.15, 0.2) is 48.5 Å². The van der Waals surface area contributed by atoms with Gasteiger partial charge in [-0.05, 0) is 56.4 Å². The Morgan fingerprint density at radius 3 is 0.852 bits per heavy atom. The minimum atomic E-state index is -10.7. The first-order chi connectivity index (χ1) is 11.9. The Morgan fingerprint density at radius 2 is 0.667 bits per heavy atom. The first-order valence-electron chi connectivity index (χ1n) is 7.15. The van der Waals surface area contributed by atoms with Crippen LogP contribution in [0.4, 0.5) is 25.2 Å². The van der Waals surface area contributed by atoms with Crippen LogP contribution in [0.25, 0.3) is 0 Å². The summed E-state index contributed by atoms with van der Waals surface area (Å²) in [6.45, 7) is 0. The third-order valence-electron chi connectivity index (χ3n) is 2.69. The molecule has 0 amide bonds. The molecule has 1 saturated carbocycles. The van der Waals surface area contributed by atoms with Gasteiger partial charge < -0.3 is 9.47 Å². The summed E-state index contributed by atoms with van der Waals surface area (Å²) in [5, 5.41) is 0. The number of hydrogen-bond donors (Lipinski definition) is 0. The normalized spacial score (nSPS) is 16.7. The fraction of sp³-hybridized carbons (Fsp3) is 0. The van der Waals surface area contributed by atoms with Gasteiger partial charge in [-0.15, -0.1) is 0 Å². The van der Waals surface area contributed by atoms with Crippen LogP contribution >= 0.6 is 7.81 Å². The van der Waals surface area contributed by atoms with Crippen LogP contribution in [0.3, 0.4) is 0 Å². The standard InChI is InChI=1S/C12H8O2.C5H5.F6P.Ru/c1-2-6-10-9(5-1)13-11-7-3-4-8-12(11)14-10;1-2-4-5-3-1;1-7(2,3,4,5)6;/h1-8H;1-5H;;/q;;-1;. The van der Waals surface area contributed by atoms with E-state index in [0.29, 0.717) is 0 Å². The SMILES string of the molecule is F[P-](F)(F)(F)(F)F.[CH]1[CH][CH][CH][CH]1.[Ru].c1ccc2c(c1)Oc1ccccc1O2. The molecule has 2 aromatic carbocycles. The molecule has 0 N–H and O–H groups in total. The molecule has 0 atom stereocenters. The average Bonchev–Trinajstić information content (AvgIpc) is 3.09. The van der Waals surface area contributed by atoms with E-state index in [1.807, 2.05) is 80.6 Å². The number of ether oxygens (including phenoxy) is 2. The predicted molar refractivity (Wildman–Crippen MR) is 88.1 cm³/mol. The molecule has 149 valence electrons. The van der Waals surface area contributed by atoms with Crippen molar-refractivity contribution in [3.05, 3.63) is 80.6 Å². The van der Waals surface area contributed by atoms with Gasteiger partial charge in [0.15, 0.2) is 23.0 Å². The molecule has 1 aliphatic carbocycles. The summed E-state index contributed by atoms with van der Waals surface area (Å²) in [5.74, 6) is 3.08. The van der Waals surface area contributed by atoms with Crippen LogP contribution < -0.4 is 9.47 Å². The topological polar surface area (TPSA) is 18.5 Å². The third kappa shape index (κ3) is 11.2. The van der Waals surface area contributed by atoms with Crippen LogP contribution in [0.5, 0.6) is 23.0 Å². The van der Waals surface area contributed by atoms with E-state index in [4.69, 9.17) is 9.47 Å². The predicted octanol–water partition coefficient (Wildman–Crippen LogP) is 7.99. The zero-order valence-electron chi connectivity index (χ0n) is 13.4. The monoisotopic (exact) mass is 496 g/mol. The quantitative estimate of drug-likeness (QED) is 0.179. The summed E-state index contributed by atoms with van der Waals surface area (Å²) in [6.07, 6.45) is 10.0. The molecule has 1 aliphatic heterocycles. The Bertz CT molecular complexity index is 642. The van der Waals surface area contributed by atoms with Gasteiger partial charge in [0.1, 0.15) is 0 Å². The largest absolute Gasteiger partial charge is 0.450 e. The van der Waals surface area contributed by atoms with Gasteiger partial charge in [-0.2, -0.15) is 0 Å². The van der Waals surface area contributed by atoms with Crippen molar-refractivity contribution in [2.24, 2.45) is 0 Å². The minimum Gasteiger partial charge on any atom is -0.450 e. The van der Waals surface area contributed by atoms with E-state index < -0.39 is 7.81 Å². The zero-order chi connectivity index (χ0) is 19.3. The molecule has 10 heteroatoms. The van der Waals surface area contributed by atoms with Gasteiger partial charge in [0.25, 0.3) is 0 Å². The maximum atomic E-state index is 9.87. The maximum Gasteiger partial charge on any atom is 0.170 e. The second-order valence-electron chi connectivity index (χ2n) is 5.02. The molecule has 2 aliphatic rings. The molecule has 0 saturated heterocycles. The van der Waals surface area contributed by atoms with Crippen LogP contribution in [0.2, 0.25) is 0 Å². The summed E-state index contributed by atoms with van der Waals surface area (Å²) >= 11 is 0. The van der Waals surface area contributed by atoms with Crippen LogP contribution in [-0.2, 0) is 19.5 Å². The van der Waals surface area contributed by atoms with Gasteiger partial charge in [-0.1, -0.05) is 24.3 Å². The Hall–Kier alpha value is -1.33. The summed E-state index contributed by atoms with van der Waals surface area (Å²) in [4.78, 5) is 0. The van der Waals surface area contributed by atoms with Crippen LogP contribution in [-0.4, -0.2) is 0 Å². The van der Waals surface area contributed by atoms with E-state index in [0.717, 1.165) is 23.0 Å². The second kappa shape index (κ2) is 8.36. The summed E-state index contributed by atoms with van der Waals surface area (Å²) < 4.78 is 70.5. The van der Waals surface area contributed by atoms with Crippen molar-refractivity contribution < 1.29 is 54.1 Å². The fourth-order valence-corrected chi connectivity index (χ4v) is 1.80. The molecule has 27 heavy (non-hydrogen) atoms. The maximum absolute atomic E-state index is 10.7. The molecule has 2 aromatic rings. The van der Waals surface area contributed by atoms with Crippen LogP contribution in [0, 0.1) is 32.1 Å². The van der Waals surface area contributed by atoms with E-state index in [1.54, 1.807) is 0 Å². The molecule has 1 heterocycles. The minimum absolute atomic E-state index is 0.